The normalized spacial score (nSPS) is 29.8. The van der Waals surface area contributed by atoms with Crippen LogP contribution in [0.1, 0.15) is 11.5 Å². The number of aromatic nitrogens is 1. The molecule has 3 saturated heterocycles. The van der Waals surface area contributed by atoms with Crippen LogP contribution in [-0.4, -0.2) is 68.7 Å². The molecule has 1 aromatic rings. The SMILES string of the molecule is Cc1noc(C)c1S(=O)(=O)NCC1CN2CCN1CC2. The number of rotatable bonds is 4. The van der Waals surface area contributed by atoms with Gasteiger partial charge in [-0.15, -0.1) is 0 Å². The molecule has 20 heavy (non-hydrogen) atoms. The van der Waals surface area contributed by atoms with E-state index in [1.807, 2.05) is 0 Å². The number of hydrogen-bond acceptors (Lipinski definition) is 6. The van der Waals surface area contributed by atoms with E-state index in [0.717, 1.165) is 32.7 Å². The second kappa shape index (κ2) is 5.10. The first-order chi connectivity index (χ1) is 9.47. The summed E-state index contributed by atoms with van der Waals surface area (Å²) in [4.78, 5) is 4.92. The van der Waals surface area contributed by atoms with Gasteiger partial charge >= 0.3 is 0 Å². The van der Waals surface area contributed by atoms with Crippen molar-refractivity contribution >= 4 is 10.0 Å². The van der Waals surface area contributed by atoms with Crippen LogP contribution in [0.4, 0.5) is 0 Å². The molecule has 3 fully saturated rings. The Bertz CT molecular complexity index is 570. The maximum atomic E-state index is 12.3. The predicted octanol–water partition coefficient (Wildman–Crippen LogP) is -0.430. The van der Waals surface area contributed by atoms with Gasteiger partial charge in [0.05, 0.1) is 0 Å². The van der Waals surface area contributed by atoms with E-state index < -0.39 is 10.0 Å². The third-order valence-electron chi connectivity index (χ3n) is 4.14. The summed E-state index contributed by atoms with van der Waals surface area (Å²) in [6.45, 7) is 8.86. The third kappa shape index (κ3) is 2.48. The molecule has 1 aromatic heterocycles. The van der Waals surface area contributed by atoms with E-state index in [1.165, 1.54) is 0 Å². The van der Waals surface area contributed by atoms with Gasteiger partial charge in [0.15, 0.2) is 5.76 Å². The van der Waals surface area contributed by atoms with Crippen LogP contribution in [0.2, 0.25) is 0 Å². The van der Waals surface area contributed by atoms with Crippen molar-refractivity contribution < 1.29 is 12.9 Å². The molecule has 0 spiro atoms. The fourth-order valence-electron chi connectivity index (χ4n) is 3.05. The maximum absolute atomic E-state index is 12.3. The molecule has 8 heteroatoms. The standard InChI is InChI=1S/C12H20N4O3S/c1-9-12(10(2)19-14-9)20(17,18)13-7-11-8-15-3-5-16(11)6-4-15/h11,13H,3-8H2,1-2H3. The zero-order valence-electron chi connectivity index (χ0n) is 11.8. The lowest BCUT2D eigenvalue weighted by atomic mass is 10.1. The van der Waals surface area contributed by atoms with E-state index in [4.69, 9.17) is 4.52 Å². The molecule has 1 unspecified atom stereocenters. The van der Waals surface area contributed by atoms with Gasteiger partial charge in [-0.2, -0.15) is 0 Å². The lowest BCUT2D eigenvalue weighted by Crippen LogP contribution is -2.63. The fraction of sp³-hybridized carbons (Fsp3) is 0.750. The van der Waals surface area contributed by atoms with Gasteiger partial charge in [-0.3, -0.25) is 9.80 Å². The Kier molecular flexibility index (Phi) is 3.57. The molecule has 0 radical (unpaired) electrons. The summed E-state index contributed by atoms with van der Waals surface area (Å²) in [7, 11) is -3.55. The van der Waals surface area contributed by atoms with Gasteiger partial charge < -0.3 is 4.52 Å². The average Bonchev–Trinajstić information content (AvgIpc) is 2.78. The lowest BCUT2D eigenvalue weighted by Gasteiger charge is -2.47. The van der Waals surface area contributed by atoms with Crippen LogP contribution in [0.3, 0.4) is 0 Å². The van der Waals surface area contributed by atoms with Crippen LogP contribution >= 0.6 is 0 Å². The predicted molar refractivity (Wildman–Crippen MR) is 73.0 cm³/mol. The molecule has 3 aliphatic heterocycles. The topological polar surface area (TPSA) is 78.7 Å². The van der Waals surface area contributed by atoms with E-state index in [2.05, 4.69) is 19.7 Å². The minimum absolute atomic E-state index is 0.175. The number of sulfonamides is 1. The molecule has 0 amide bonds. The Morgan fingerprint density at radius 2 is 2.00 bits per heavy atom. The molecule has 4 rings (SSSR count). The fourth-order valence-corrected chi connectivity index (χ4v) is 4.45. The van der Waals surface area contributed by atoms with Crippen molar-refractivity contribution in [2.24, 2.45) is 0 Å². The first kappa shape index (κ1) is 14.0. The van der Waals surface area contributed by atoms with Gasteiger partial charge in [-0.1, -0.05) is 5.16 Å². The van der Waals surface area contributed by atoms with E-state index in [9.17, 15) is 8.42 Å². The largest absolute Gasteiger partial charge is 0.360 e. The van der Waals surface area contributed by atoms with Crippen LogP contribution < -0.4 is 4.72 Å². The highest BCUT2D eigenvalue weighted by Gasteiger charge is 2.33. The number of hydrogen-bond donors (Lipinski definition) is 1. The molecular formula is C12H20N4O3S. The first-order valence-electron chi connectivity index (χ1n) is 6.86. The van der Waals surface area contributed by atoms with Crippen molar-refractivity contribution in [2.75, 3.05) is 39.3 Å². The second-order valence-electron chi connectivity index (χ2n) is 5.50. The van der Waals surface area contributed by atoms with Gasteiger partial charge in [0, 0.05) is 45.3 Å². The molecule has 0 aromatic carbocycles. The monoisotopic (exact) mass is 300 g/mol. The quantitative estimate of drug-likeness (QED) is 0.813. The first-order valence-corrected chi connectivity index (χ1v) is 8.34. The summed E-state index contributed by atoms with van der Waals surface area (Å²) in [6, 6.07) is 0.257. The summed E-state index contributed by atoms with van der Waals surface area (Å²) in [5.74, 6) is 0.337. The van der Waals surface area contributed by atoms with Crippen LogP contribution in [-0.2, 0) is 10.0 Å². The molecule has 0 saturated carbocycles. The Balaban J connectivity index is 1.69. The maximum Gasteiger partial charge on any atom is 0.246 e. The molecule has 7 nitrogen and oxygen atoms in total. The smallest absolute Gasteiger partial charge is 0.246 e. The number of piperazine rings is 3. The van der Waals surface area contributed by atoms with E-state index in [1.54, 1.807) is 13.8 Å². The average molecular weight is 300 g/mol. The molecule has 4 heterocycles. The van der Waals surface area contributed by atoms with Crippen molar-refractivity contribution in [3.05, 3.63) is 11.5 Å². The molecule has 0 aliphatic carbocycles. The van der Waals surface area contributed by atoms with Crippen molar-refractivity contribution in [2.45, 2.75) is 24.8 Å². The summed E-state index contributed by atoms with van der Waals surface area (Å²) < 4.78 is 32.3. The highest BCUT2D eigenvalue weighted by molar-refractivity contribution is 7.89. The van der Waals surface area contributed by atoms with Crippen LogP contribution in [0.5, 0.6) is 0 Å². The second-order valence-corrected chi connectivity index (χ2v) is 7.20. The Hall–Kier alpha value is -0.960. The van der Waals surface area contributed by atoms with Crippen molar-refractivity contribution in [1.82, 2.24) is 19.7 Å². The lowest BCUT2D eigenvalue weighted by molar-refractivity contribution is 0.0158. The van der Waals surface area contributed by atoms with Crippen LogP contribution in [0.15, 0.2) is 9.42 Å². The summed E-state index contributed by atoms with van der Waals surface area (Å²) in [5.41, 5.74) is 0.407. The van der Waals surface area contributed by atoms with Crippen molar-refractivity contribution in [1.29, 1.82) is 0 Å². The minimum atomic E-state index is -3.55. The Labute approximate surface area is 118 Å². The molecule has 1 N–H and O–H groups in total. The molecule has 3 aliphatic rings. The molecule has 1 atom stereocenters. The van der Waals surface area contributed by atoms with Crippen LogP contribution in [0, 0.1) is 13.8 Å². The zero-order chi connectivity index (χ0) is 14.3. The van der Waals surface area contributed by atoms with Crippen LogP contribution in [0.25, 0.3) is 0 Å². The van der Waals surface area contributed by atoms with Gasteiger partial charge in [0.1, 0.15) is 10.6 Å². The number of fused-ring (bicyclic) bond motifs is 3. The highest BCUT2D eigenvalue weighted by atomic mass is 32.2. The van der Waals surface area contributed by atoms with Gasteiger partial charge in [0.2, 0.25) is 10.0 Å². The number of nitrogens with zero attached hydrogens (tertiary/aromatic N) is 3. The summed E-state index contributed by atoms with van der Waals surface area (Å²) in [5, 5.41) is 3.70. The van der Waals surface area contributed by atoms with Gasteiger partial charge in [-0.05, 0) is 13.8 Å². The van der Waals surface area contributed by atoms with Gasteiger partial charge in [-0.25, -0.2) is 13.1 Å². The minimum Gasteiger partial charge on any atom is -0.360 e. The third-order valence-corrected chi connectivity index (χ3v) is 5.80. The highest BCUT2D eigenvalue weighted by Crippen LogP contribution is 2.20. The Morgan fingerprint density at radius 1 is 1.30 bits per heavy atom. The molecule has 2 bridgehead atoms. The Morgan fingerprint density at radius 3 is 2.50 bits per heavy atom. The van der Waals surface area contributed by atoms with E-state index in [-0.39, 0.29) is 10.9 Å². The number of nitrogens with one attached hydrogen (secondary N) is 1. The van der Waals surface area contributed by atoms with Crippen molar-refractivity contribution in [3.63, 3.8) is 0 Å². The molecular weight excluding hydrogens is 280 g/mol. The van der Waals surface area contributed by atoms with E-state index >= 15 is 0 Å². The summed E-state index contributed by atoms with van der Waals surface area (Å²) in [6.07, 6.45) is 0. The zero-order valence-corrected chi connectivity index (χ0v) is 12.6. The molecule has 112 valence electrons. The van der Waals surface area contributed by atoms with Gasteiger partial charge in [0.25, 0.3) is 0 Å². The van der Waals surface area contributed by atoms with E-state index in [0.29, 0.717) is 18.0 Å². The number of aryl methyl sites for hydroxylation is 2. The summed E-state index contributed by atoms with van der Waals surface area (Å²) >= 11 is 0. The van der Waals surface area contributed by atoms with Crippen molar-refractivity contribution in [3.8, 4) is 0 Å².